The topological polar surface area (TPSA) is 46.0 Å². The van der Waals surface area contributed by atoms with E-state index in [1.807, 2.05) is 0 Å². The molecule has 1 heterocycles. The van der Waals surface area contributed by atoms with Gasteiger partial charge < -0.3 is 5.11 Å². The van der Waals surface area contributed by atoms with Crippen molar-refractivity contribution in [3.8, 4) is 5.75 Å². The van der Waals surface area contributed by atoms with Gasteiger partial charge in [0.25, 0.3) is 0 Å². The summed E-state index contributed by atoms with van der Waals surface area (Å²) in [6.45, 7) is 0. The van der Waals surface area contributed by atoms with Crippen LogP contribution >= 0.6 is 0 Å². The van der Waals surface area contributed by atoms with E-state index in [2.05, 4.69) is 16.2 Å². The van der Waals surface area contributed by atoms with Crippen LogP contribution in [-0.4, -0.2) is 15.1 Å². The molecule has 0 unspecified atom stereocenters. The van der Waals surface area contributed by atoms with Crippen molar-refractivity contribution in [1.82, 2.24) is 9.97 Å². The van der Waals surface area contributed by atoms with Crippen molar-refractivity contribution in [2.75, 3.05) is 0 Å². The van der Waals surface area contributed by atoms with Crippen LogP contribution in [0.3, 0.4) is 0 Å². The van der Waals surface area contributed by atoms with Crippen LogP contribution in [0.5, 0.6) is 5.75 Å². The van der Waals surface area contributed by atoms with Crippen molar-refractivity contribution in [2.45, 2.75) is 0 Å². The summed E-state index contributed by atoms with van der Waals surface area (Å²) in [5.74, 6) is -0.0255. The average Bonchev–Trinajstić information content (AvgIpc) is 1.69. The monoisotopic (exact) mass is 95.0 g/mol. The molecule has 1 rings (SSSR count). The first-order valence-corrected chi connectivity index (χ1v) is 1.76. The van der Waals surface area contributed by atoms with Gasteiger partial charge in [-0.25, -0.2) is 9.97 Å². The van der Waals surface area contributed by atoms with Crippen molar-refractivity contribution >= 4 is 0 Å². The maximum Gasteiger partial charge on any atom is 0.162 e. The van der Waals surface area contributed by atoms with Gasteiger partial charge in [-0.15, -0.1) is 0 Å². The second kappa shape index (κ2) is 1.55. The van der Waals surface area contributed by atoms with Gasteiger partial charge in [-0.1, -0.05) is 0 Å². The molecule has 1 aromatic heterocycles. The molecule has 1 N–H and O–H groups in total. The highest BCUT2D eigenvalue weighted by molar-refractivity contribution is 5.04. The second-order valence-corrected chi connectivity index (χ2v) is 1.02. The van der Waals surface area contributed by atoms with E-state index in [-0.39, 0.29) is 5.75 Å². The molecule has 35 valence electrons. The van der Waals surface area contributed by atoms with Crippen LogP contribution in [0, 0.1) is 6.20 Å². The van der Waals surface area contributed by atoms with E-state index in [4.69, 9.17) is 5.11 Å². The zero-order valence-electron chi connectivity index (χ0n) is 3.50. The molecule has 7 heavy (non-hydrogen) atoms. The van der Waals surface area contributed by atoms with Gasteiger partial charge >= 0.3 is 0 Å². The van der Waals surface area contributed by atoms with Crippen LogP contribution in [0.2, 0.25) is 0 Å². The van der Waals surface area contributed by atoms with E-state index in [9.17, 15) is 0 Å². The molecule has 0 aliphatic rings. The summed E-state index contributed by atoms with van der Waals surface area (Å²) in [6, 6.07) is 0. The van der Waals surface area contributed by atoms with Crippen LogP contribution < -0.4 is 0 Å². The van der Waals surface area contributed by atoms with Gasteiger partial charge in [0.15, 0.2) is 5.75 Å². The van der Waals surface area contributed by atoms with Gasteiger partial charge in [-0.2, -0.15) is 0 Å². The Morgan fingerprint density at radius 2 is 2.57 bits per heavy atom. The zero-order chi connectivity index (χ0) is 5.11. The first kappa shape index (κ1) is 4.05. The number of rotatable bonds is 0. The van der Waals surface area contributed by atoms with Crippen molar-refractivity contribution in [3.05, 3.63) is 18.7 Å². The smallest absolute Gasteiger partial charge is 0.162 e. The van der Waals surface area contributed by atoms with Gasteiger partial charge in [0, 0.05) is 0 Å². The minimum atomic E-state index is -0.0255. The molecule has 0 aromatic carbocycles. The Labute approximate surface area is 40.7 Å². The minimum Gasteiger partial charge on any atom is -0.504 e. The summed E-state index contributed by atoms with van der Waals surface area (Å²) in [4.78, 5) is 6.89. The fourth-order valence-electron chi connectivity index (χ4n) is 0.261. The molecule has 0 bridgehead atoms. The Kier molecular flexibility index (Phi) is 0.898. The minimum absolute atomic E-state index is 0.0255. The van der Waals surface area contributed by atoms with E-state index >= 15 is 0 Å². The standard InChI is InChI=1S/C4H3N2O/c7-4-1-5-3-6-2-4/h1,3,7H. The van der Waals surface area contributed by atoms with E-state index in [0.29, 0.717) is 0 Å². The average molecular weight is 95.1 g/mol. The van der Waals surface area contributed by atoms with Gasteiger partial charge in [0.05, 0.1) is 6.20 Å². The number of hydrogen-bond donors (Lipinski definition) is 1. The largest absolute Gasteiger partial charge is 0.504 e. The highest BCUT2D eigenvalue weighted by atomic mass is 16.3. The highest BCUT2D eigenvalue weighted by Gasteiger charge is 1.78. The van der Waals surface area contributed by atoms with E-state index < -0.39 is 0 Å². The number of aromatic nitrogens is 2. The molecular formula is C4H3N2O. The molecule has 3 nitrogen and oxygen atoms in total. The molecule has 0 amide bonds. The van der Waals surface area contributed by atoms with Crippen molar-refractivity contribution < 1.29 is 5.11 Å². The summed E-state index contributed by atoms with van der Waals surface area (Å²) in [5.41, 5.74) is 0. The van der Waals surface area contributed by atoms with Crippen LogP contribution in [0.15, 0.2) is 12.5 Å². The fourth-order valence-corrected chi connectivity index (χ4v) is 0.261. The van der Waals surface area contributed by atoms with Crippen LogP contribution in [0.25, 0.3) is 0 Å². The molecular weight excluding hydrogens is 92.1 g/mol. The summed E-state index contributed by atoms with van der Waals surface area (Å²) in [6.07, 6.45) is 4.85. The first-order valence-electron chi connectivity index (χ1n) is 1.76. The zero-order valence-corrected chi connectivity index (χ0v) is 3.50. The molecule has 0 spiro atoms. The third-order valence-corrected chi connectivity index (χ3v) is 0.500. The lowest BCUT2D eigenvalue weighted by molar-refractivity contribution is 0.468. The normalized spacial score (nSPS) is 8.57. The lowest BCUT2D eigenvalue weighted by atomic mass is 10.6. The number of aromatic hydroxyl groups is 1. The molecule has 3 heteroatoms. The number of hydrogen-bond acceptors (Lipinski definition) is 3. The molecule has 0 aliphatic carbocycles. The lowest BCUT2D eigenvalue weighted by Crippen LogP contribution is -1.72. The molecule has 1 radical (unpaired) electrons. The Morgan fingerprint density at radius 3 is 2.86 bits per heavy atom. The Balaban J connectivity index is 3.02. The Morgan fingerprint density at radius 1 is 1.71 bits per heavy atom. The predicted octanol–water partition coefficient (Wildman–Crippen LogP) is -0.0176. The summed E-state index contributed by atoms with van der Waals surface area (Å²) in [7, 11) is 0. The fraction of sp³-hybridized carbons (Fsp3) is 0. The van der Waals surface area contributed by atoms with Gasteiger partial charge in [-0.05, 0) is 0 Å². The van der Waals surface area contributed by atoms with Crippen molar-refractivity contribution in [3.63, 3.8) is 0 Å². The molecule has 1 aromatic rings. The summed E-state index contributed by atoms with van der Waals surface area (Å²) < 4.78 is 0. The van der Waals surface area contributed by atoms with Crippen LogP contribution in [-0.2, 0) is 0 Å². The third-order valence-electron chi connectivity index (χ3n) is 0.500. The lowest BCUT2D eigenvalue weighted by Gasteiger charge is -1.79. The Bertz CT molecular complexity index is 140. The highest BCUT2D eigenvalue weighted by Crippen LogP contribution is 1.95. The van der Waals surface area contributed by atoms with Gasteiger partial charge in [0.1, 0.15) is 12.5 Å². The quantitative estimate of drug-likeness (QED) is 0.492. The summed E-state index contributed by atoms with van der Waals surface area (Å²) in [5, 5.41) is 8.45. The molecule has 0 saturated heterocycles. The van der Waals surface area contributed by atoms with Gasteiger partial charge in [0.2, 0.25) is 0 Å². The van der Waals surface area contributed by atoms with E-state index in [1.165, 1.54) is 12.5 Å². The van der Waals surface area contributed by atoms with Crippen molar-refractivity contribution in [2.24, 2.45) is 0 Å². The maximum absolute atomic E-state index is 8.45. The molecule has 0 saturated carbocycles. The molecule has 0 aliphatic heterocycles. The predicted molar refractivity (Wildman–Crippen MR) is 22.5 cm³/mol. The third kappa shape index (κ3) is 0.855. The molecule has 0 atom stereocenters. The maximum atomic E-state index is 8.45. The van der Waals surface area contributed by atoms with Crippen LogP contribution in [0.1, 0.15) is 0 Å². The van der Waals surface area contributed by atoms with Crippen LogP contribution in [0.4, 0.5) is 0 Å². The van der Waals surface area contributed by atoms with E-state index in [0.717, 1.165) is 0 Å². The van der Waals surface area contributed by atoms with E-state index in [1.54, 1.807) is 0 Å². The SMILES string of the molecule is Oc1[c]ncnc1. The Hall–Kier alpha value is -1.12. The van der Waals surface area contributed by atoms with Gasteiger partial charge in [-0.3, -0.25) is 0 Å². The number of nitrogens with zero attached hydrogens (tertiary/aromatic N) is 2. The van der Waals surface area contributed by atoms with Crippen molar-refractivity contribution in [1.29, 1.82) is 0 Å². The molecule has 0 fully saturated rings. The second-order valence-electron chi connectivity index (χ2n) is 1.02. The summed E-state index contributed by atoms with van der Waals surface area (Å²) >= 11 is 0. The first-order chi connectivity index (χ1) is 3.39.